The van der Waals surface area contributed by atoms with E-state index >= 15 is 0 Å². The molecule has 6 heteroatoms. The summed E-state index contributed by atoms with van der Waals surface area (Å²) in [6, 6.07) is -1.34. The Morgan fingerprint density at radius 2 is 2.15 bits per heavy atom. The third kappa shape index (κ3) is 1.50. The zero-order chi connectivity index (χ0) is 8.93. The number of rotatable bonds is 1. The third-order valence-electron chi connectivity index (χ3n) is 2.68. The third-order valence-corrected chi connectivity index (χ3v) is 2.68. The molecule has 1 saturated heterocycles. The number of aliphatic carboxylic acids is 1. The van der Waals surface area contributed by atoms with Crippen LogP contribution in [0.1, 0.15) is 12.8 Å². The highest BCUT2D eigenvalue weighted by atomic mass is 35.5. The number of hydrogen-bond acceptors (Lipinski definition) is 2. The van der Waals surface area contributed by atoms with Gasteiger partial charge in [-0.05, 0) is 6.42 Å². The van der Waals surface area contributed by atoms with Gasteiger partial charge < -0.3 is 10.4 Å². The van der Waals surface area contributed by atoms with Gasteiger partial charge in [0.15, 0.2) is 0 Å². The molecule has 0 spiro atoms. The van der Waals surface area contributed by atoms with Gasteiger partial charge in [-0.1, -0.05) is 0 Å². The molecule has 1 heterocycles. The normalized spacial score (nSPS) is 40.0. The van der Waals surface area contributed by atoms with Crippen LogP contribution in [-0.4, -0.2) is 29.1 Å². The first-order valence-electron chi connectivity index (χ1n) is 3.87. The Hall–Kier alpha value is -0.420. The van der Waals surface area contributed by atoms with E-state index in [1.54, 1.807) is 0 Å². The Morgan fingerprint density at radius 1 is 1.54 bits per heavy atom. The van der Waals surface area contributed by atoms with Crippen LogP contribution in [0.5, 0.6) is 0 Å². The lowest BCUT2D eigenvalue weighted by Gasteiger charge is -2.27. The van der Waals surface area contributed by atoms with Gasteiger partial charge in [0.25, 0.3) is 5.92 Å². The first kappa shape index (κ1) is 10.7. The molecule has 76 valence electrons. The van der Waals surface area contributed by atoms with Crippen molar-refractivity contribution in [3.63, 3.8) is 0 Å². The molecule has 0 aromatic carbocycles. The highest BCUT2D eigenvalue weighted by Crippen LogP contribution is 2.46. The molecule has 2 aliphatic rings. The van der Waals surface area contributed by atoms with Gasteiger partial charge in [-0.15, -0.1) is 12.4 Å². The molecule has 13 heavy (non-hydrogen) atoms. The van der Waals surface area contributed by atoms with E-state index in [4.69, 9.17) is 5.11 Å². The summed E-state index contributed by atoms with van der Waals surface area (Å²) in [7, 11) is 0. The number of hydrogen-bond donors (Lipinski definition) is 2. The monoisotopic (exact) mass is 213 g/mol. The number of carbonyl (C=O) groups is 1. The van der Waals surface area contributed by atoms with Crippen molar-refractivity contribution in [2.24, 2.45) is 5.92 Å². The molecule has 2 unspecified atom stereocenters. The smallest absolute Gasteiger partial charge is 0.321 e. The minimum absolute atomic E-state index is 0. The predicted octanol–water partition coefficient (Wildman–Crippen LogP) is 0.878. The Morgan fingerprint density at radius 3 is 2.46 bits per heavy atom. The predicted molar refractivity (Wildman–Crippen MR) is 43.3 cm³/mol. The summed E-state index contributed by atoms with van der Waals surface area (Å²) in [5.74, 6) is -4.94. The Labute approximate surface area is 79.9 Å². The van der Waals surface area contributed by atoms with Gasteiger partial charge in [-0.2, -0.15) is 0 Å². The Bertz CT molecular complexity index is 237. The van der Waals surface area contributed by atoms with Crippen molar-refractivity contribution >= 4 is 18.4 Å². The first-order chi connectivity index (χ1) is 5.50. The van der Waals surface area contributed by atoms with Gasteiger partial charge >= 0.3 is 5.97 Å². The van der Waals surface area contributed by atoms with Gasteiger partial charge in [-0.25, -0.2) is 8.78 Å². The molecule has 0 radical (unpaired) electrons. The number of alkyl halides is 2. The van der Waals surface area contributed by atoms with Crippen molar-refractivity contribution in [1.82, 2.24) is 5.32 Å². The average Bonchev–Trinajstić information content (AvgIpc) is 2.40. The second-order valence-electron chi connectivity index (χ2n) is 3.49. The minimum atomic E-state index is -2.78. The lowest BCUT2D eigenvalue weighted by Crippen LogP contribution is -2.49. The fraction of sp³-hybridized carbons (Fsp3) is 0.857. The van der Waals surface area contributed by atoms with Crippen LogP contribution in [0.4, 0.5) is 8.78 Å². The lowest BCUT2D eigenvalue weighted by molar-refractivity contribution is -0.147. The summed E-state index contributed by atoms with van der Waals surface area (Å²) in [4.78, 5) is 10.5. The van der Waals surface area contributed by atoms with E-state index in [1.807, 2.05) is 0 Å². The maximum Gasteiger partial charge on any atom is 0.321 e. The molecule has 1 aliphatic heterocycles. The molecule has 2 bridgehead atoms. The molecule has 0 aromatic heterocycles. The molecular weight excluding hydrogens is 204 g/mol. The molecule has 3 atom stereocenters. The van der Waals surface area contributed by atoms with E-state index < -0.39 is 23.9 Å². The summed E-state index contributed by atoms with van der Waals surface area (Å²) in [6.45, 7) is 0. The quantitative estimate of drug-likeness (QED) is 0.680. The molecule has 0 aromatic rings. The van der Waals surface area contributed by atoms with Crippen molar-refractivity contribution in [2.75, 3.05) is 0 Å². The molecule has 3 nitrogen and oxygen atoms in total. The molecule has 2 rings (SSSR count). The number of carboxylic acid groups (broad SMARTS) is 1. The van der Waals surface area contributed by atoms with Crippen molar-refractivity contribution in [3.05, 3.63) is 0 Å². The van der Waals surface area contributed by atoms with Crippen LogP contribution in [-0.2, 0) is 4.79 Å². The SMILES string of the molecule is Cl.O=C(O)[C@H]1NC2CC1C(F)(F)C2. The molecule has 1 saturated carbocycles. The van der Waals surface area contributed by atoms with E-state index in [9.17, 15) is 13.6 Å². The summed E-state index contributed by atoms with van der Waals surface area (Å²) in [5.41, 5.74) is 0. The Kier molecular flexibility index (Phi) is 2.51. The second kappa shape index (κ2) is 3.06. The van der Waals surface area contributed by atoms with Crippen LogP contribution in [0.3, 0.4) is 0 Å². The van der Waals surface area contributed by atoms with Gasteiger partial charge in [0.2, 0.25) is 0 Å². The van der Waals surface area contributed by atoms with Crippen LogP contribution < -0.4 is 5.32 Å². The zero-order valence-corrected chi connectivity index (χ0v) is 7.48. The number of fused-ring (bicyclic) bond motifs is 2. The summed E-state index contributed by atoms with van der Waals surface area (Å²) in [5, 5.41) is 11.2. The van der Waals surface area contributed by atoms with Crippen molar-refractivity contribution < 1.29 is 18.7 Å². The first-order valence-corrected chi connectivity index (χ1v) is 3.87. The summed E-state index contributed by atoms with van der Waals surface area (Å²) >= 11 is 0. The lowest BCUT2D eigenvalue weighted by atomic mass is 9.96. The van der Waals surface area contributed by atoms with Crippen LogP contribution in [0.15, 0.2) is 0 Å². The van der Waals surface area contributed by atoms with E-state index in [0.717, 1.165) is 0 Å². The van der Waals surface area contributed by atoms with Gasteiger partial charge in [0.05, 0.1) is 5.92 Å². The standard InChI is InChI=1S/C7H9F2NO2.ClH/c8-7(9)2-3-1-4(7)5(10-3)6(11)12;/h3-5,10H,1-2H2,(H,11,12);1H/t3?,4?,5-;/m0./s1. The van der Waals surface area contributed by atoms with Gasteiger partial charge in [0, 0.05) is 12.5 Å². The van der Waals surface area contributed by atoms with Crippen LogP contribution >= 0.6 is 12.4 Å². The topological polar surface area (TPSA) is 49.3 Å². The minimum Gasteiger partial charge on any atom is -0.480 e. The van der Waals surface area contributed by atoms with Crippen LogP contribution in [0, 0.1) is 5.92 Å². The number of nitrogens with one attached hydrogen (secondary N) is 1. The average molecular weight is 214 g/mol. The van der Waals surface area contributed by atoms with Crippen molar-refractivity contribution in [3.8, 4) is 0 Å². The van der Waals surface area contributed by atoms with Crippen molar-refractivity contribution in [1.29, 1.82) is 0 Å². The molecule has 2 fully saturated rings. The highest BCUT2D eigenvalue weighted by Gasteiger charge is 2.59. The summed E-state index contributed by atoms with van der Waals surface area (Å²) in [6.07, 6.45) is 0.0887. The molecular formula is C7H10ClF2NO2. The fourth-order valence-electron chi connectivity index (χ4n) is 2.16. The molecule has 1 aliphatic carbocycles. The van der Waals surface area contributed by atoms with E-state index in [0.29, 0.717) is 6.42 Å². The maximum absolute atomic E-state index is 12.9. The van der Waals surface area contributed by atoms with Gasteiger partial charge in [0.1, 0.15) is 6.04 Å². The van der Waals surface area contributed by atoms with Crippen molar-refractivity contribution in [2.45, 2.75) is 30.8 Å². The summed E-state index contributed by atoms with van der Waals surface area (Å²) < 4.78 is 25.9. The van der Waals surface area contributed by atoms with Crippen LogP contribution in [0.2, 0.25) is 0 Å². The largest absolute Gasteiger partial charge is 0.480 e. The highest BCUT2D eigenvalue weighted by molar-refractivity contribution is 5.85. The van der Waals surface area contributed by atoms with E-state index in [-0.39, 0.29) is 24.9 Å². The zero-order valence-electron chi connectivity index (χ0n) is 6.67. The molecule has 0 amide bonds. The number of carboxylic acids is 1. The Balaban J connectivity index is 0.000000845. The number of piperidine rings is 1. The van der Waals surface area contributed by atoms with E-state index in [1.165, 1.54) is 0 Å². The van der Waals surface area contributed by atoms with Gasteiger partial charge in [-0.3, -0.25) is 4.79 Å². The molecule has 2 N–H and O–H groups in total. The second-order valence-corrected chi connectivity index (χ2v) is 3.49. The maximum atomic E-state index is 12.9. The fourth-order valence-corrected chi connectivity index (χ4v) is 2.16. The van der Waals surface area contributed by atoms with Crippen LogP contribution in [0.25, 0.3) is 0 Å². The van der Waals surface area contributed by atoms with E-state index in [2.05, 4.69) is 5.32 Å². The number of halogens is 3.